The minimum absolute atomic E-state index is 0.0118. The molecule has 0 radical (unpaired) electrons. The van der Waals surface area contributed by atoms with Crippen LogP contribution in [0.15, 0.2) is 58.7 Å². The van der Waals surface area contributed by atoms with Crippen LogP contribution in [-0.4, -0.2) is 49.1 Å². The summed E-state index contributed by atoms with van der Waals surface area (Å²) in [5.74, 6) is -3.24. The summed E-state index contributed by atoms with van der Waals surface area (Å²) in [6, 6.07) is 12.0. The standard InChI is InChI=1S/C27H27N3O6/c1-16-14-19(30(4)5)10-11-22(16)29-24-17(2)23(28-3)25(31)21(26(24)32)12-13-35-36-15-18-8-6-7-9-20(18)27(33)34/h6-11,14,21H,12-13,15H2,1-2,4-5H3,(H,33,34). The summed E-state index contributed by atoms with van der Waals surface area (Å²) in [5, 5.41) is 9.24. The van der Waals surface area contributed by atoms with Crippen molar-refractivity contribution in [1.29, 1.82) is 0 Å². The first-order valence-corrected chi connectivity index (χ1v) is 11.2. The number of hydrogen-bond donors (Lipinski definition) is 1. The van der Waals surface area contributed by atoms with Gasteiger partial charge in [0.15, 0.2) is 11.6 Å². The van der Waals surface area contributed by atoms with Crippen LogP contribution in [0.3, 0.4) is 0 Å². The Bertz CT molecular complexity index is 1300. The number of carbonyl (C=O) groups is 3. The lowest BCUT2D eigenvalue weighted by Crippen LogP contribution is -2.37. The summed E-state index contributed by atoms with van der Waals surface area (Å²) in [7, 11) is 3.85. The van der Waals surface area contributed by atoms with Gasteiger partial charge >= 0.3 is 5.97 Å². The molecule has 0 aliphatic heterocycles. The average molecular weight is 490 g/mol. The molecule has 0 saturated heterocycles. The maximum atomic E-state index is 13.2. The van der Waals surface area contributed by atoms with Crippen LogP contribution in [0.25, 0.3) is 4.85 Å². The number of carbonyl (C=O) groups excluding carboxylic acids is 2. The number of Topliss-reactive ketones (excluding diaryl/α,β-unsaturated/α-hetero) is 2. The Morgan fingerprint density at radius 3 is 2.47 bits per heavy atom. The molecular formula is C27H27N3O6. The highest BCUT2D eigenvalue weighted by atomic mass is 17.2. The topological polar surface area (TPSA) is 110 Å². The SMILES string of the molecule is [C-]#[N+]C1=C(C)C(=Nc2ccc(N(C)C)cc2C)C(=O)C(CCOOCc2ccccc2C(=O)O)C1=O. The Kier molecular flexibility index (Phi) is 8.48. The maximum Gasteiger partial charge on any atom is 0.336 e. The Hall–Kier alpha value is -4.13. The molecule has 2 aromatic carbocycles. The van der Waals surface area contributed by atoms with Crippen molar-refractivity contribution in [2.24, 2.45) is 10.9 Å². The van der Waals surface area contributed by atoms with Crippen molar-refractivity contribution in [2.45, 2.75) is 26.9 Å². The summed E-state index contributed by atoms with van der Waals surface area (Å²) in [6.45, 7) is 10.7. The van der Waals surface area contributed by atoms with E-state index in [1.165, 1.54) is 6.07 Å². The summed E-state index contributed by atoms with van der Waals surface area (Å²) in [4.78, 5) is 57.5. The highest BCUT2D eigenvalue weighted by Crippen LogP contribution is 2.30. The van der Waals surface area contributed by atoms with Crippen molar-refractivity contribution in [3.63, 3.8) is 0 Å². The number of aryl methyl sites for hydroxylation is 1. The van der Waals surface area contributed by atoms with Crippen LogP contribution in [0.4, 0.5) is 11.4 Å². The van der Waals surface area contributed by atoms with E-state index in [1.807, 2.05) is 38.1 Å². The molecule has 9 nitrogen and oxygen atoms in total. The molecule has 0 saturated carbocycles. The molecule has 0 spiro atoms. The van der Waals surface area contributed by atoms with Gasteiger partial charge in [0, 0.05) is 19.8 Å². The number of anilines is 1. The number of rotatable bonds is 9. The third-order valence-corrected chi connectivity index (χ3v) is 5.89. The minimum atomic E-state index is -1.12. The van der Waals surface area contributed by atoms with Crippen LogP contribution in [0, 0.1) is 19.4 Å². The Labute approximate surface area is 209 Å². The third-order valence-electron chi connectivity index (χ3n) is 5.89. The van der Waals surface area contributed by atoms with E-state index in [0.717, 1.165) is 11.3 Å². The van der Waals surface area contributed by atoms with Crippen LogP contribution >= 0.6 is 0 Å². The number of ketones is 2. The number of carboxylic acid groups (broad SMARTS) is 1. The van der Waals surface area contributed by atoms with Crippen molar-refractivity contribution >= 4 is 34.6 Å². The normalized spacial score (nSPS) is 16.9. The van der Waals surface area contributed by atoms with Crippen molar-refractivity contribution in [1.82, 2.24) is 0 Å². The van der Waals surface area contributed by atoms with Gasteiger partial charge in [0.05, 0.1) is 30.3 Å². The lowest BCUT2D eigenvalue weighted by atomic mass is 9.82. The van der Waals surface area contributed by atoms with Crippen molar-refractivity contribution in [2.75, 3.05) is 25.6 Å². The molecule has 0 aromatic heterocycles. The van der Waals surface area contributed by atoms with Crippen LogP contribution in [0.5, 0.6) is 0 Å². The number of benzene rings is 2. The molecule has 2 aromatic rings. The quantitative estimate of drug-likeness (QED) is 0.184. The molecule has 3 rings (SSSR count). The zero-order valence-electron chi connectivity index (χ0n) is 20.6. The van der Waals surface area contributed by atoms with E-state index in [9.17, 15) is 19.5 Å². The molecule has 0 heterocycles. The van der Waals surface area contributed by atoms with Gasteiger partial charge in [0.2, 0.25) is 5.70 Å². The predicted molar refractivity (Wildman–Crippen MR) is 134 cm³/mol. The van der Waals surface area contributed by atoms with Gasteiger partial charge in [-0.2, -0.15) is 0 Å². The second-order valence-corrected chi connectivity index (χ2v) is 8.53. The summed E-state index contributed by atoms with van der Waals surface area (Å²) in [6.07, 6.45) is -0.0118. The molecule has 1 unspecified atom stereocenters. The molecule has 186 valence electrons. The van der Waals surface area contributed by atoms with E-state index in [2.05, 4.69) is 9.84 Å². The van der Waals surface area contributed by atoms with Crippen LogP contribution < -0.4 is 4.90 Å². The molecule has 1 aliphatic rings. The lowest BCUT2D eigenvalue weighted by Gasteiger charge is -2.22. The first kappa shape index (κ1) is 26.5. The molecular weight excluding hydrogens is 462 g/mol. The summed E-state index contributed by atoms with van der Waals surface area (Å²) < 4.78 is 0. The molecule has 1 aliphatic carbocycles. The third kappa shape index (κ3) is 5.74. The second kappa shape index (κ2) is 11.5. The van der Waals surface area contributed by atoms with Crippen LogP contribution in [0.2, 0.25) is 0 Å². The minimum Gasteiger partial charge on any atom is -0.478 e. The number of aliphatic imine (C=N–C) groups is 1. The van der Waals surface area contributed by atoms with Crippen molar-refractivity contribution in [3.8, 4) is 0 Å². The number of nitrogens with zero attached hydrogens (tertiary/aromatic N) is 3. The van der Waals surface area contributed by atoms with E-state index in [1.54, 1.807) is 31.2 Å². The molecule has 0 fully saturated rings. The zero-order valence-corrected chi connectivity index (χ0v) is 20.6. The second-order valence-electron chi connectivity index (χ2n) is 8.53. The first-order chi connectivity index (χ1) is 17.1. The van der Waals surface area contributed by atoms with Crippen molar-refractivity contribution in [3.05, 3.63) is 81.8 Å². The fourth-order valence-electron chi connectivity index (χ4n) is 3.82. The van der Waals surface area contributed by atoms with Crippen molar-refractivity contribution < 1.29 is 29.3 Å². The monoisotopic (exact) mass is 489 g/mol. The van der Waals surface area contributed by atoms with E-state index < -0.39 is 23.5 Å². The zero-order chi connectivity index (χ0) is 26.4. The average Bonchev–Trinajstić information content (AvgIpc) is 2.84. The number of allylic oxidation sites excluding steroid dienone is 2. The fraction of sp³-hybridized carbons (Fsp3) is 0.296. The van der Waals surface area contributed by atoms with Gasteiger partial charge in [-0.05, 0) is 61.2 Å². The fourth-order valence-corrected chi connectivity index (χ4v) is 3.82. The Balaban J connectivity index is 1.74. The van der Waals surface area contributed by atoms with E-state index >= 15 is 0 Å². The van der Waals surface area contributed by atoms with Gasteiger partial charge in [-0.3, -0.25) is 4.79 Å². The Morgan fingerprint density at radius 1 is 1.11 bits per heavy atom. The number of carboxylic acids is 1. The van der Waals surface area contributed by atoms with Gasteiger partial charge in [-0.15, -0.1) is 0 Å². The van der Waals surface area contributed by atoms with Crippen LogP contribution in [-0.2, 0) is 26.0 Å². The van der Waals surface area contributed by atoms with Gasteiger partial charge in [0.1, 0.15) is 12.3 Å². The lowest BCUT2D eigenvalue weighted by molar-refractivity contribution is -0.304. The van der Waals surface area contributed by atoms with E-state index in [-0.39, 0.29) is 42.2 Å². The highest BCUT2D eigenvalue weighted by molar-refractivity contribution is 6.53. The largest absolute Gasteiger partial charge is 0.478 e. The maximum absolute atomic E-state index is 13.2. The number of hydrogen-bond acceptors (Lipinski definition) is 7. The van der Waals surface area contributed by atoms with E-state index in [0.29, 0.717) is 11.3 Å². The van der Waals surface area contributed by atoms with Gasteiger partial charge in [-0.1, -0.05) is 18.2 Å². The summed E-state index contributed by atoms with van der Waals surface area (Å²) >= 11 is 0. The molecule has 36 heavy (non-hydrogen) atoms. The van der Waals surface area contributed by atoms with Gasteiger partial charge in [0.25, 0.3) is 0 Å². The molecule has 1 atom stereocenters. The molecule has 9 heteroatoms. The summed E-state index contributed by atoms with van der Waals surface area (Å²) in [5.41, 5.74) is 3.17. The molecule has 0 amide bonds. The predicted octanol–water partition coefficient (Wildman–Crippen LogP) is 4.33. The van der Waals surface area contributed by atoms with Gasteiger partial charge < -0.3 is 14.8 Å². The van der Waals surface area contributed by atoms with E-state index in [4.69, 9.17) is 16.3 Å². The molecule has 0 bridgehead atoms. The number of aromatic carboxylic acids is 1. The Morgan fingerprint density at radius 2 is 1.83 bits per heavy atom. The first-order valence-electron chi connectivity index (χ1n) is 11.2. The van der Waals surface area contributed by atoms with Crippen LogP contribution in [0.1, 0.15) is 34.8 Å². The van der Waals surface area contributed by atoms with Gasteiger partial charge in [-0.25, -0.2) is 24.4 Å². The highest BCUT2D eigenvalue weighted by Gasteiger charge is 2.39. The smallest absolute Gasteiger partial charge is 0.336 e. The molecule has 1 N–H and O–H groups in total.